The quantitative estimate of drug-likeness (QED) is 0.273. The zero-order valence-electron chi connectivity index (χ0n) is 11.6. The van der Waals surface area contributed by atoms with Crippen molar-refractivity contribution in [2.45, 2.75) is 13.5 Å². The van der Waals surface area contributed by atoms with Crippen LogP contribution in [0.3, 0.4) is 0 Å². The Morgan fingerprint density at radius 2 is 2.20 bits per heavy atom. The Bertz CT molecular complexity index is 437. The number of aliphatic imine (C=N–C) groups is 1. The van der Waals surface area contributed by atoms with Crippen molar-refractivity contribution in [3.63, 3.8) is 0 Å². The summed E-state index contributed by atoms with van der Waals surface area (Å²) in [7, 11) is 0. The highest BCUT2D eigenvalue weighted by Crippen LogP contribution is 2.08. The SMILES string of the molecule is CCNC(=NCc1ccc(C(N)=O)o1)NCCSC.I. The molecule has 1 aromatic heterocycles. The minimum absolute atomic E-state index is 0. The number of thioether (sulfide) groups is 1. The van der Waals surface area contributed by atoms with Gasteiger partial charge in [-0.1, -0.05) is 0 Å². The van der Waals surface area contributed by atoms with Gasteiger partial charge in [0.15, 0.2) is 11.7 Å². The first kappa shape index (κ1) is 19.1. The Hall–Kier alpha value is -0.900. The molecule has 0 fully saturated rings. The predicted molar refractivity (Wildman–Crippen MR) is 93.8 cm³/mol. The number of nitrogens with two attached hydrogens (primary N) is 1. The largest absolute Gasteiger partial charge is 0.454 e. The van der Waals surface area contributed by atoms with Crippen LogP contribution in [0.5, 0.6) is 0 Å². The minimum atomic E-state index is -0.569. The number of hydrogen-bond donors (Lipinski definition) is 3. The molecule has 1 rings (SSSR count). The number of nitrogens with one attached hydrogen (secondary N) is 2. The smallest absolute Gasteiger partial charge is 0.284 e. The van der Waals surface area contributed by atoms with Gasteiger partial charge in [0.2, 0.25) is 0 Å². The van der Waals surface area contributed by atoms with Crippen LogP contribution < -0.4 is 16.4 Å². The Labute approximate surface area is 140 Å². The first-order valence-electron chi connectivity index (χ1n) is 6.07. The topological polar surface area (TPSA) is 92.6 Å². The monoisotopic (exact) mass is 412 g/mol. The lowest BCUT2D eigenvalue weighted by Crippen LogP contribution is -2.38. The molecule has 1 aromatic rings. The Morgan fingerprint density at radius 3 is 2.75 bits per heavy atom. The van der Waals surface area contributed by atoms with E-state index in [0.717, 1.165) is 24.8 Å². The summed E-state index contributed by atoms with van der Waals surface area (Å²) in [6.07, 6.45) is 2.06. The van der Waals surface area contributed by atoms with Crippen molar-refractivity contribution in [2.75, 3.05) is 25.1 Å². The number of rotatable bonds is 7. The molecule has 0 radical (unpaired) electrons. The van der Waals surface area contributed by atoms with E-state index in [2.05, 4.69) is 21.9 Å². The summed E-state index contributed by atoms with van der Waals surface area (Å²) in [6, 6.07) is 3.26. The Kier molecular flexibility index (Phi) is 10.3. The van der Waals surface area contributed by atoms with E-state index in [-0.39, 0.29) is 29.7 Å². The van der Waals surface area contributed by atoms with E-state index < -0.39 is 5.91 Å². The van der Waals surface area contributed by atoms with Crippen molar-refractivity contribution in [3.8, 4) is 0 Å². The standard InChI is InChI=1S/C12H20N4O2S.HI/c1-3-14-12(15-6-7-19-2)16-8-9-4-5-10(18-9)11(13)17;/h4-5H,3,6-8H2,1-2H3,(H2,13,17)(H2,14,15,16);1H. The summed E-state index contributed by atoms with van der Waals surface area (Å²) in [6.45, 7) is 4.00. The van der Waals surface area contributed by atoms with E-state index in [1.807, 2.05) is 6.92 Å². The number of furan rings is 1. The van der Waals surface area contributed by atoms with E-state index in [1.54, 1.807) is 23.9 Å². The molecule has 0 unspecified atom stereocenters. The van der Waals surface area contributed by atoms with Crippen LogP contribution in [0.15, 0.2) is 21.5 Å². The summed E-state index contributed by atoms with van der Waals surface area (Å²) in [5, 5.41) is 6.34. The number of nitrogens with zero attached hydrogens (tertiary/aromatic N) is 1. The van der Waals surface area contributed by atoms with Gasteiger partial charge in [-0.25, -0.2) is 4.99 Å². The molecule has 0 saturated heterocycles. The minimum Gasteiger partial charge on any atom is -0.454 e. The van der Waals surface area contributed by atoms with Gasteiger partial charge in [0.05, 0.1) is 0 Å². The number of halogens is 1. The maximum absolute atomic E-state index is 10.9. The highest BCUT2D eigenvalue weighted by molar-refractivity contribution is 14.0. The van der Waals surface area contributed by atoms with E-state index >= 15 is 0 Å². The highest BCUT2D eigenvalue weighted by atomic mass is 127. The molecule has 20 heavy (non-hydrogen) atoms. The number of amides is 1. The van der Waals surface area contributed by atoms with Gasteiger partial charge in [-0.2, -0.15) is 11.8 Å². The molecule has 0 spiro atoms. The van der Waals surface area contributed by atoms with Crippen molar-refractivity contribution in [1.82, 2.24) is 10.6 Å². The number of carbonyl (C=O) groups excluding carboxylic acids is 1. The molecule has 0 aliphatic carbocycles. The van der Waals surface area contributed by atoms with Gasteiger partial charge in [0.1, 0.15) is 12.3 Å². The van der Waals surface area contributed by atoms with Gasteiger partial charge < -0.3 is 20.8 Å². The second-order valence-corrected chi connectivity index (χ2v) is 4.73. The first-order valence-corrected chi connectivity index (χ1v) is 7.46. The maximum atomic E-state index is 10.9. The Balaban J connectivity index is 0.00000361. The van der Waals surface area contributed by atoms with Crippen LogP contribution in [0.2, 0.25) is 0 Å². The van der Waals surface area contributed by atoms with Crippen LogP contribution in [0.25, 0.3) is 0 Å². The van der Waals surface area contributed by atoms with E-state index in [0.29, 0.717) is 12.3 Å². The van der Waals surface area contributed by atoms with E-state index in [1.165, 1.54) is 0 Å². The van der Waals surface area contributed by atoms with Crippen LogP contribution in [0.1, 0.15) is 23.2 Å². The lowest BCUT2D eigenvalue weighted by molar-refractivity contribution is 0.0972. The first-order chi connectivity index (χ1) is 9.17. The summed E-state index contributed by atoms with van der Waals surface area (Å²) >= 11 is 1.77. The molecular formula is C12H21IN4O2S. The maximum Gasteiger partial charge on any atom is 0.284 e. The normalized spacial score (nSPS) is 10.8. The fraction of sp³-hybridized carbons (Fsp3) is 0.500. The van der Waals surface area contributed by atoms with Crippen LogP contribution in [0, 0.1) is 0 Å². The average molecular weight is 412 g/mol. The van der Waals surface area contributed by atoms with E-state index in [9.17, 15) is 4.79 Å². The molecule has 0 bridgehead atoms. The van der Waals surface area contributed by atoms with Crippen molar-refractivity contribution in [2.24, 2.45) is 10.7 Å². The number of carbonyl (C=O) groups is 1. The molecule has 1 amide bonds. The molecule has 114 valence electrons. The van der Waals surface area contributed by atoms with Gasteiger partial charge in [-0.15, -0.1) is 24.0 Å². The van der Waals surface area contributed by atoms with Crippen molar-refractivity contribution in [3.05, 3.63) is 23.7 Å². The van der Waals surface area contributed by atoms with Crippen LogP contribution in [-0.2, 0) is 6.54 Å². The number of guanidine groups is 1. The van der Waals surface area contributed by atoms with Crippen LogP contribution >= 0.6 is 35.7 Å². The third-order valence-corrected chi connectivity index (χ3v) is 2.85. The number of primary amides is 1. The molecule has 0 saturated carbocycles. The molecule has 0 atom stereocenters. The number of hydrogen-bond acceptors (Lipinski definition) is 4. The van der Waals surface area contributed by atoms with Gasteiger partial charge >= 0.3 is 0 Å². The van der Waals surface area contributed by atoms with Gasteiger partial charge in [0.25, 0.3) is 5.91 Å². The predicted octanol–water partition coefficient (Wildman–Crippen LogP) is 1.41. The molecule has 8 heteroatoms. The summed E-state index contributed by atoms with van der Waals surface area (Å²) in [5.41, 5.74) is 5.12. The molecule has 4 N–H and O–H groups in total. The summed E-state index contributed by atoms with van der Waals surface area (Å²) in [4.78, 5) is 15.3. The molecule has 6 nitrogen and oxygen atoms in total. The average Bonchev–Trinajstić information content (AvgIpc) is 2.85. The molecular weight excluding hydrogens is 391 g/mol. The van der Waals surface area contributed by atoms with Gasteiger partial charge in [-0.3, -0.25) is 4.79 Å². The van der Waals surface area contributed by atoms with Gasteiger partial charge in [-0.05, 0) is 25.3 Å². The highest BCUT2D eigenvalue weighted by Gasteiger charge is 2.06. The third kappa shape index (κ3) is 7.04. The third-order valence-electron chi connectivity index (χ3n) is 2.24. The summed E-state index contributed by atoms with van der Waals surface area (Å²) < 4.78 is 5.26. The molecule has 0 aliphatic heterocycles. The van der Waals surface area contributed by atoms with Crippen molar-refractivity contribution in [1.29, 1.82) is 0 Å². The van der Waals surface area contributed by atoms with Crippen molar-refractivity contribution >= 4 is 47.6 Å². The molecule has 1 heterocycles. The lowest BCUT2D eigenvalue weighted by atomic mass is 10.4. The zero-order chi connectivity index (χ0) is 14.1. The molecule has 0 aromatic carbocycles. The fourth-order valence-electron chi connectivity index (χ4n) is 1.37. The lowest BCUT2D eigenvalue weighted by Gasteiger charge is -2.09. The fourth-order valence-corrected chi connectivity index (χ4v) is 1.67. The van der Waals surface area contributed by atoms with Gasteiger partial charge in [0, 0.05) is 18.8 Å². The van der Waals surface area contributed by atoms with Crippen LogP contribution in [-0.4, -0.2) is 37.0 Å². The van der Waals surface area contributed by atoms with E-state index in [4.69, 9.17) is 10.2 Å². The molecule has 0 aliphatic rings. The second-order valence-electron chi connectivity index (χ2n) is 3.74. The second kappa shape index (κ2) is 10.8. The zero-order valence-corrected chi connectivity index (χ0v) is 14.8. The summed E-state index contributed by atoms with van der Waals surface area (Å²) in [5.74, 6) is 1.94. The van der Waals surface area contributed by atoms with Crippen LogP contribution in [0.4, 0.5) is 0 Å². The van der Waals surface area contributed by atoms with Crippen molar-refractivity contribution < 1.29 is 9.21 Å². The Morgan fingerprint density at radius 1 is 1.45 bits per heavy atom.